The zero-order valence-electron chi connectivity index (χ0n) is 7.93. The summed E-state index contributed by atoms with van der Waals surface area (Å²) in [5.41, 5.74) is 0. The standard InChI is InChI=1S/C9H9BrF2O3/c1-3-5-15-7(9(10,11)12)6-8(13)14-4-2/h1,6H,4-5H2,2H3/b7-6-. The fraction of sp³-hybridized carbons (Fsp3) is 0.444. The van der Waals surface area contributed by atoms with Crippen LogP contribution in [-0.2, 0) is 14.3 Å². The molecule has 0 radical (unpaired) electrons. The van der Waals surface area contributed by atoms with E-state index < -0.39 is 16.6 Å². The molecule has 0 unspecified atom stereocenters. The maximum atomic E-state index is 12.8. The summed E-state index contributed by atoms with van der Waals surface area (Å²) in [7, 11) is 0. The lowest BCUT2D eigenvalue weighted by Gasteiger charge is -2.12. The first-order chi connectivity index (χ1) is 6.91. The van der Waals surface area contributed by atoms with E-state index in [1.165, 1.54) is 0 Å². The normalized spacial score (nSPS) is 11.8. The molecule has 0 saturated carbocycles. The van der Waals surface area contributed by atoms with E-state index >= 15 is 0 Å². The van der Waals surface area contributed by atoms with E-state index in [0.717, 1.165) is 0 Å². The van der Waals surface area contributed by atoms with Crippen LogP contribution in [0.2, 0.25) is 0 Å². The minimum absolute atomic E-state index is 0.0889. The summed E-state index contributed by atoms with van der Waals surface area (Å²) in [5.74, 6) is 0.217. The van der Waals surface area contributed by atoms with Crippen LogP contribution in [0.25, 0.3) is 0 Å². The van der Waals surface area contributed by atoms with E-state index in [0.29, 0.717) is 6.08 Å². The Balaban J connectivity index is 4.63. The molecule has 0 aliphatic rings. The number of hydrogen-bond donors (Lipinski definition) is 0. The summed E-state index contributed by atoms with van der Waals surface area (Å²) in [5, 5.41) is 0. The zero-order valence-corrected chi connectivity index (χ0v) is 9.51. The van der Waals surface area contributed by atoms with Crippen molar-refractivity contribution in [3.8, 4) is 12.3 Å². The van der Waals surface area contributed by atoms with Gasteiger partial charge in [-0.1, -0.05) is 5.92 Å². The number of ether oxygens (including phenoxy) is 2. The molecule has 0 saturated heterocycles. The van der Waals surface area contributed by atoms with E-state index in [2.05, 4.69) is 25.4 Å². The van der Waals surface area contributed by atoms with E-state index in [4.69, 9.17) is 6.42 Å². The third-order valence-electron chi connectivity index (χ3n) is 1.13. The first kappa shape index (κ1) is 13.9. The molecule has 0 amide bonds. The Kier molecular flexibility index (Phi) is 5.94. The number of rotatable bonds is 5. The van der Waals surface area contributed by atoms with Crippen molar-refractivity contribution in [2.75, 3.05) is 13.2 Å². The molecule has 84 valence electrons. The van der Waals surface area contributed by atoms with Gasteiger partial charge in [0.1, 0.15) is 6.61 Å². The van der Waals surface area contributed by atoms with Gasteiger partial charge in [0.15, 0.2) is 5.76 Å². The second-order valence-corrected chi connectivity index (χ2v) is 3.25. The van der Waals surface area contributed by atoms with Gasteiger partial charge in [-0.15, -0.1) is 6.42 Å². The van der Waals surface area contributed by atoms with E-state index in [9.17, 15) is 13.6 Å². The maximum absolute atomic E-state index is 12.8. The van der Waals surface area contributed by atoms with Crippen molar-refractivity contribution in [3.63, 3.8) is 0 Å². The van der Waals surface area contributed by atoms with Crippen molar-refractivity contribution in [2.24, 2.45) is 0 Å². The van der Waals surface area contributed by atoms with Crippen molar-refractivity contribution in [2.45, 2.75) is 11.8 Å². The van der Waals surface area contributed by atoms with Gasteiger partial charge >= 0.3 is 10.8 Å². The van der Waals surface area contributed by atoms with Crippen LogP contribution in [0.4, 0.5) is 8.78 Å². The van der Waals surface area contributed by atoms with Gasteiger partial charge in [-0.25, -0.2) is 4.79 Å². The Morgan fingerprint density at radius 3 is 2.60 bits per heavy atom. The predicted octanol–water partition coefficient (Wildman–Crippen LogP) is 2.07. The van der Waals surface area contributed by atoms with Crippen LogP contribution >= 0.6 is 15.9 Å². The molecule has 0 bridgehead atoms. The molecule has 0 aliphatic carbocycles. The fourth-order valence-corrected chi connectivity index (χ4v) is 0.845. The van der Waals surface area contributed by atoms with Gasteiger partial charge in [-0.2, -0.15) is 8.78 Å². The number of allylic oxidation sites excluding steroid dienone is 1. The molecule has 0 aromatic rings. The van der Waals surface area contributed by atoms with Gasteiger partial charge in [0.05, 0.1) is 12.7 Å². The Morgan fingerprint density at radius 2 is 2.20 bits per heavy atom. The van der Waals surface area contributed by atoms with Crippen molar-refractivity contribution < 1.29 is 23.0 Å². The van der Waals surface area contributed by atoms with Gasteiger partial charge < -0.3 is 9.47 Å². The average Bonchev–Trinajstić information content (AvgIpc) is 2.10. The van der Waals surface area contributed by atoms with Crippen LogP contribution in [0.3, 0.4) is 0 Å². The SMILES string of the molecule is C#CCO/C(=C\C(=O)OCC)C(F)(F)Br. The third-order valence-corrected chi connectivity index (χ3v) is 1.52. The lowest BCUT2D eigenvalue weighted by atomic mass is 10.4. The van der Waals surface area contributed by atoms with Gasteiger partial charge in [0.25, 0.3) is 0 Å². The molecule has 3 nitrogen and oxygen atoms in total. The average molecular weight is 283 g/mol. The summed E-state index contributed by atoms with van der Waals surface area (Å²) in [4.78, 5) is 7.43. The minimum atomic E-state index is -3.45. The van der Waals surface area contributed by atoms with Crippen LogP contribution in [0, 0.1) is 12.3 Å². The highest BCUT2D eigenvalue weighted by Gasteiger charge is 2.33. The predicted molar refractivity (Wildman–Crippen MR) is 53.4 cm³/mol. The molecule has 0 aromatic carbocycles. The number of halogens is 3. The minimum Gasteiger partial charge on any atom is -0.478 e. The topological polar surface area (TPSA) is 35.5 Å². The molecule has 0 spiro atoms. The highest BCUT2D eigenvalue weighted by atomic mass is 79.9. The molecule has 0 rings (SSSR count). The van der Waals surface area contributed by atoms with Gasteiger partial charge in [0, 0.05) is 0 Å². The number of carbonyl (C=O) groups excluding carboxylic acids is 1. The number of terminal acetylenes is 1. The largest absolute Gasteiger partial charge is 0.478 e. The molecule has 0 heterocycles. The molecule has 0 atom stereocenters. The van der Waals surface area contributed by atoms with E-state index in [-0.39, 0.29) is 13.2 Å². The Bertz CT molecular complexity index is 289. The van der Waals surface area contributed by atoms with Crippen LogP contribution in [0.1, 0.15) is 6.92 Å². The number of carbonyl (C=O) groups is 1. The number of hydrogen-bond acceptors (Lipinski definition) is 3. The van der Waals surface area contributed by atoms with Crippen LogP contribution in [0.5, 0.6) is 0 Å². The van der Waals surface area contributed by atoms with Crippen molar-refractivity contribution in [3.05, 3.63) is 11.8 Å². The molecule has 6 heteroatoms. The second-order valence-electron chi connectivity index (χ2n) is 2.25. The Labute approximate surface area is 94.6 Å². The second kappa shape index (κ2) is 6.40. The zero-order chi connectivity index (χ0) is 11.9. The van der Waals surface area contributed by atoms with E-state index in [1.54, 1.807) is 6.92 Å². The quantitative estimate of drug-likeness (QED) is 0.255. The monoisotopic (exact) mass is 282 g/mol. The molecule has 0 N–H and O–H groups in total. The maximum Gasteiger partial charge on any atom is 0.357 e. The summed E-state index contributed by atoms with van der Waals surface area (Å²) in [6.45, 7) is 1.29. The molecule has 0 aliphatic heterocycles. The van der Waals surface area contributed by atoms with Crippen LogP contribution in [-0.4, -0.2) is 24.0 Å². The smallest absolute Gasteiger partial charge is 0.357 e. The van der Waals surface area contributed by atoms with Crippen LogP contribution in [0.15, 0.2) is 11.8 Å². The molecular formula is C9H9BrF2O3. The highest BCUT2D eigenvalue weighted by molar-refractivity contribution is 9.10. The van der Waals surface area contributed by atoms with Crippen molar-refractivity contribution in [1.82, 2.24) is 0 Å². The summed E-state index contributed by atoms with van der Waals surface area (Å²) in [6.07, 6.45) is 5.38. The Hall–Kier alpha value is -1.09. The van der Waals surface area contributed by atoms with Gasteiger partial charge in [0.2, 0.25) is 0 Å². The summed E-state index contributed by atoms with van der Waals surface area (Å²) in [6, 6.07) is 0. The van der Waals surface area contributed by atoms with Crippen molar-refractivity contribution >= 4 is 21.9 Å². The highest BCUT2D eigenvalue weighted by Crippen LogP contribution is 2.31. The molecule has 0 aromatic heterocycles. The lowest BCUT2D eigenvalue weighted by molar-refractivity contribution is -0.137. The molecule has 15 heavy (non-hydrogen) atoms. The number of esters is 1. The van der Waals surface area contributed by atoms with Crippen molar-refractivity contribution in [1.29, 1.82) is 0 Å². The first-order valence-electron chi connectivity index (χ1n) is 3.93. The van der Waals surface area contributed by atoms with Crippen LogP contribution < -0.4 is 0 Å². The first-order valence-corrected chi connectivity index (χ1v) is 4.73. The fourth-order valence-electron chi connectivity index (χ4n) is 0.616. The molecular weight excluding hydrogens is 274 g/mol. The van der Waals surface area contributed by atoms with E-state index in [1.807, 2.05) is 5.92 Å². The third kappa shape index (κ3) is 6.07. The summed E-state index contributed by atoms with van der Waals surface area (Å²) >= 11 is 2.05. The molecule has 0 fully saturated rings. The number of alkyl halides is 3. The Morgan fingerprint density at radius 1 is 1.60 bits per heavy atom. The van der Waals surface area contributed by atoms with Gasteiger partial charge in [-0.05, 0) is 22.9 Å². The summed E-state index contributed by atoms with van der Waals surface area (Å²) < 4.78 is 34.5. The van der Waals surface area contributed by atoms with Gasteiger partial charge in [-0.3, -0.25) is 0 Å². The lowest BCUT2D eigenvalue weighted by Crippen LogP contribution is -2.15.